The van der Waals surface area contributed by atoms with Crippen LogP contribution < -0.4 is 0 Å². The van der Waals surface area contributed by atoms with Gasteiger partial charge in [0.05, 0.1) is 7.11 Å². The Morgan fingerprint density at radius 3 is 2.10 bits per heavy atom. The average Bonchev–Trinajstić information content (AvgIpc) is 1.88. The normalized spacial score (nSPS) is 11.8. The van der Waals surface area contributed by atoms with Crippen LogP contribution in [0, 0.1) is 5.92 Å². The van der Waals surface area contributed by atoms with Gasteiger partial charge in [0.2, 0.25) is 6.29 Å². The number of methoxy groups -OCH3 is 1. The van der Waals surface area contributed by atoms with Gasteiger partial charge in [-0.15, -0.1) is 0 Å². The molecule has 0 aliphatic heterocycles. The molecule has 0 aliphatic rings. The van der Waals surface area contributed by atoms with Crippen molar-refractivity contribution >= 4 is 18.0 Å². The van der Waals surface area contributed by atoms with Gasteiger partial charge in [-0.05, 0) is 6.92 Å². The maximum Gasteiger partial charge on any atom is 0.324 e. The second kappa shape index (κ2) is 3.76. The summed E-state index contributed by atoms with van der Waals surface area (Å²) in [6.07, 6.45) is 1.28. The molecule has 0 amide bonds. The summed E-state index contributed by atoms with van der Waals surface area (Å²) in [6, 6.07) is 0. The fourth-order valence-electron chi connectivity index (χ4n) is 0.415. The van der Waals surface area contributed by atoms with Crippen molar-refractivity contribution in [1.29, 1.82) is 0 Å². The quantitative estimate of drug-likeness (QED) is 0.393. The lowest BCUT2D eigenvalue weighted by Gasteiger charge is -2.00. The maximum absolute atomic E-state index is 10.5. The lowest BCUT2D eigenvalue weighted by Crippen LogP contribution is -2.24. The molecule has 0 heterocycles. The van der Waals surface area contributed by atoms with E-state index in [4.69, 9.17) is 0 Å². The van der Waals surface area contributed by atoms with Gasteiger partial charge in [0.15, 0.2) is 11.7 Å². The van der Waals surface area contributed by atoms with E-state index in [1.54, 1.807) is 0 Å². The Balaban J connectivity index is 4.20. The van der Waals surface area contributed by atoms with Gasteiger partial charge < -0.3 is 4.74 Å². The monoisotopic (exact) mass is 143 g/mol. The second-order valence-corrected chi connectivity index (χ2v) is 1.68. The Bertz CT molecular complexity index is 161. The highest BCUT2D eigenvalue weighted by Crippen LogP contribution is 1.95. The van der Waals surface area contributed by atoms with E-state index in [0.29, 0.717) is 0 Å². The van der Waals surface area contributed by atoms with E-state index >= 15 is 0 Å². The molecule has 0 aromatic rings. The zero-order valence-electron chi connectivity index (χ0n) is 5.71. The Kier molecular flexibility index (Phi) is 3.32. The van der Waals surface area contributed by atoms with Crippen LogP contribution in [0.5, 0.6) is 0 Å². The lowest BCUT2D eigenvalue weighted by molar-refractivity contribution is -0.145. The van der Waals surface area contributed by atoms with Crippen molar-refractivity contribution in [2.24, 2.45) is 5.92 Å². The van der Waals surface area contributed by atoms with Gasteiger partial charge in [-0.2, -0.15) is 0 Å². The first-order valence-electron chi connectivity index (χ1n) is 2.59. The highest BCUT2D eigenvalue weighted by atomic mass is 16.5. The lowest BCUT2D eigenvalue weighted by atomic mass is 10.1. The number of carbonyl (C=O) groups is 2. The van der Waals surface area contributed by atoms with Gasteiger partial charge in [0.25, 0.3) is 0 Å². The zero-order valence-corrected chi connectivity index (χ0v) is 5.71. The van der Waals surface area contributed by atoms with Crippen molar-refractivity contribution in [2.75, 3.05) is 7.11 Å². The summed E-state index contributed by atoms with van der Waals surface area (Å²) < 4.78 is 4.14. The molecule has 1 radical (unpaired) electrons. The van der Waals surface area contributed by atoms with Crippen LogP contribution in [0.25, 0.3) is 0 Å². The molecule has 0 N–H and O–H groups in total. The molecule has 0 rings (SSSR count). The summed E-state index contributed by atoms with van der Waals surface area (Å²) in [4.78, 5) is 30.8. The van der Waals surface area contributed by atoms with Crippen molar-refractivity contribution in [3.63, 3.8) is 0 Å². The molecule has 0 aromatic carbocycles. The largest absolute Gasteiger partial charge is 0.468 e. The van der Waals surface area contributed by atoms with Crippen LogP contribution in [0.2, 0.25) is 0 Å². The number of hydrogen-bond acceptors (Lipinski definition) is 4. The first-order valence-corrected chi connectivity index (χ1v) is 2.59. The van der Waals surface area contributed by atoms with E-state index in [1.165, 1.54) is 6.29 Å². The third-order valence-corrected chi connectivity index (χ3v) is 0.961. The van der Waals surface area contributed by atoms with Crippen LogP contribution in [0.3, 0.4) is 0 Å². The molecule has 10 heavy (non-hydrogen) atoms. The first-order chi connectivity index (χ1) is 4.63. The second-order valence-electron chi connectivity index (χ2n) is 1.68. The molecule has 0 saturated heterocycles. The van der Waals surface area contributed by atoms with Crippen molar-refractivity contribution < 1.29 is 19.1 Å². The third-order valence-electron chi connectivity index (χ3n) is 0.961. The van der Waals surface area contributed by atoms with Crippen LogP contribution in [0.1, 0.15) is 6.92 Å². The van der Waals surface area contributed by atoms with Crippen molar-refractivity contribution in [3.05, 3.63) is 0 Å². The Labute approximate surface area is 58.2 Å². The minimum Gasteiger partial charge on any atom is -0.468 e. The highest BCUT2D eigenvalue weighted by Gasteiger charge is 2.23. The standard InChI is InChI=1S/C6H7O4/c1-4(8)5(3-7)6(9)10-2/h5H,1-2H3. The molecule has 0 fully saturated rings. The summed E-state index contributed by atoms with van der Waals surface area (Å²) in [5.74, 6) is -2.78. The summed E-state index contributed by atoms with van der Waals surface area (Å²) in [6.45, 7) is 1.13. The molecule has 1 unspecified atom stereocenters. The summed E-state index contributed by atoms with van der Waals surface area (Å²) in [5, 5.41) is 0. The van der Waals surface area contributed by atoms with Crippen molar-refractivity contribution in [1.82, 2.24) is 0 Å². The smallest absolute Gasteiger partial charge is 0.324 e. The number of ketones is 1. The molecule has 1 atom stereocenters. The number of esters is 1. The molecule has 0 bridgehead atoms. The van der Waals surface area contributed by atoms with Gasteiger partial charge in [-0.3, -0.25) is 14.4 Å². The van der Waals surface area contributed by atoms with E-state index in [0.717, 1.165) is 14.0 Å². The topological polar surface area (TPSA) is 60.4 Å². The average molecular weight is 143 g/mol. The van der Waals surface area contributed by atoms with Gasteiger partial charge in [-0.1, -0.05) is 0 Å². The molecule has 0 aliphatic carbocycles. The van der Waals surface area contributed by atoms with Crippen LogP contribution in [0.4, 0.5) is 0 Å². The minimum absolute atomic E-state index is 0.554. The molecule has 0 saturated carbocycles. The Morgan fingerprint density at radius 1 is 1.50 bits per heavy atom. The van der Waals surface area contributed by atoms with Crippen molar-refractivity contribution in [2.45, 2.75) is 6.92 Å². The Morgan fingerprint density at radius 2 is 2.00 bits per heavy atom. The molecular formula is C6H7O4. The fraction of sp³-hybridized carbons (Fsp3) is 0.500. The van der Waals surface area contributed by atoms with Crippen molar-refractivity contribution in [3.8, 4) is 0 Å². The SMILES string of the molecule is COC(=O)C([C]=O)C(C)=O. The summed E-state index contributed by atoms with van der Waals surface area (Å²) in [7, 11) is 1.11. The third kappa shape index (κ3) is 1.97. The van der Waals surface area contributed by atoms with Gasteiger partial charge in [-0.25, -0.2) is 0 Å². The van der Waals surface area contributed by atoms with E-state index in [-0.39, 0.29) is 0 Å². The summed E-state index contributed by atoms with van der Waals surface area (Å²) in [5.41, 5.74) is 0. The van der Waals surface area contributed by atoms with E-state index in [9.17, 15) is 14.4 Å². The fourth-order valence-corrected chi connectivity index (χ4v) is 0.415. The summed E-state index contributed by atoms with van der Waals surface area (Å²) >= 11 is 0. The molecule has 4 nitrogen and oxygen atoms in total. The van der Waals surface area contributed by atoms with Crippen LogP contribution in [-0.2, 0) is 19.1 Å². The minimum atomic E-state index is -1.37. The molecule has 0 spiro atoms. The van der Waals surface area contributed by atoms with Gasteiger partial charge in [0.1, 0.15) is 0 Å². The predicted octanol–water partition coefficient (Wildman–Crippen LogP) is -0.526. The predicted molar refractivity (Wildman–Crippen MR) is 31.9 cm³/mol. The molecular weight excluding hydrogens is 136 g/mol. The molecule has 4 heteroatoms. The Hall–Kier alpha value is -1.19. The van der Waals surface area contributed by atoms with Crippen LogP contribution in [0.15, 0.2) is 0 Å². The molecule has 0 aromatic heterocycles. The number of carbonyl (C=O) groups excluding carboxylic acids is 3. The molecule has 55 valence electrons. The van der Waals surface area contributed by atoms with Crippen LogP contribution in [-0.4, -0.2) is 25.1 Å². The maximum atomic E-state index is 10.5. The number of rotatable bonds is 3. The number of hydrogen-bond donors (Lipinski definition) is 0. The van der Waals surface area contributed by atoms with E-state index in [2.05, 4.69) is 4.74 Å². The van der Waals surface area contributed by atoms with Gasteiger partial charge >= 0.3 is 5.97 Å². The number of Topliss-reactive ketones (excluding diaryl/α,β-unsaturated/α-hetero) is 1. The zero-order chi connectivity index (χ0) is 8.15. The van der Waals surface area contributed by atoms with E-state index in [1.807, 2.05) is 0 Å². The highest BCUT2D eigenvalue weighted by molar-refractivity contribution is 6.09. The first kappa shape index (κ1) is 8.81. The van der Waals surface area contributed by atoms with Crippen LogP contribution >= 0.6 is 0 Å². The van der Waals surface area contributed by atoms with E-state index < -0.39 is 17.7 Å². The van der Waals surface area contributed by atoms with Gasteiger partial charge in [0, 0.05) is 0 Å². The number of ether oxygens (including phenoxy) is 1.